The Hall–Kier alpha value is -2.25. The van der Waals surface area contributed by atoms with Crippen LogP contribution in [0.3, 0.4) is 0 Å². The van der Waals surface area contributed by atoms with Crippen LogP contribution in [-0.4, -0.2) is 31.9 Å². The molecule has 0 saturated carbocycles. The average Bonchev–Trinajstić information content (AvgIpc) is 3.34. The first-order valence-corrected chi connectivity index (χ1v) is 11.1. The average molecular weight is 431 g/mol. The van der Waals surface area contributed by atoms with Crippen molar-refractivity contribution in [1.29, 1.82) is 0 Å². The van der Waals surface area contributed by atoms with E-state index in [4.69, 9.17) is 11.6 Å². The van der Waals surface area contributed by atoms with Gasteiger partial charge in [-0.25, -0.2) is 4.98 Å². The molecule has 29 heavy (non-hydrogen) atoms. The molecule has 1 aromatic carbocycles. The Labute approximate surface area is 178 Å². The van der Waals surface area contributed by atoms with Crippen molar-refractivity contribution >= 4 is 33.8 Å². The van der Waals surface area contributed by atoms with Gasteiger partial charge in [-0.15, -0.1) is 0 Å². The van der Waals surface area contributed by atoms with Gasteiger partial charge in [0.25, 0.3) is 5.56 Å². The van der Waals surface area contributed by atoms with Crippen LogP contribution in [0.1, 0.15) is 61.3 Å². The van der Waals surface area contributed by atoms with E-state index in [1.165, 1.54) is 15.9 Å². The fraction of sp³-hybridized carbons (Fsp3) is 0.429. The molecule has 2 aromatic heterocycles. The topological polar surface area (TPSA) is 67.6 Å². The van der Waals surface area contributed by atoms with E-state index in [1.807, 2.05) is 43.0 Å². The molecule has 1 aliphatic rings. The highest BCUT2D eigenvalue weighted by Crippen LogP contribution is 2.34. The molecule has 0 aliphatic carbocycles. The van der Waals surface area contributed by atoms with Gasteiger partial charge in [0.1, 0.15) is 5.01 Å². The molecule has 1 aliphatic heterocycles. The highest BCUT2D eigenvalue weighted by molar-refractivity contribution is 7.16. The van der Waals surface area contributed by atoms with E-state index < -0.39 is 0 Å². The van der Waals surface area contributed by atoms with Crippen LogP contribution in [-0.2, 0) is 11.2 Å². The number of amides is 1. The highest BCUT2D eigenvalue weighted by atomic mass is 35.5. The molecule has 4 rings (SSSR count). The lowest BCUT2D eigenvalue weighted by Gasteiger charge is -2.22. The van der Waals surface area contributed by atoms with Gasteiger partial charge in [0.15, 0.2) is 0 Å². The van der Waals surface area contributed by atoms with Crippen LogP contribution >= 0.6 is 22.9 Å². The summed E-state index contributed by atoms with van der Waals surface area (Å²) < 4.78 is 1.36. The van der Waals surface area contributed by atoms with Gasteiger partial charge in [-0.05, 0) is 42.9 Å². The van der Waals surface area contributed by atoms with Crippen LogP contribution in [0.15, 0.2) is 35.1 Å². The summed E-state index contributed by atoms with van der Waals surface area (Å²) in [5.74, 6) is 0.292. The first-order valence-electron chi connectivity index (χ1n) is 9.87. The number of halogens is 1. The van der Waals surface area contributed by atoms with Crippen LogP contribution in [0.5, 0.6) is 0 Å². The molecule has 0 unspecified atom stereocenters. The second-order valence-electron chi connectivity index (χ2n) is 7.68. The zero-order chi connectivity index (χ0) is 20.5. The lowest BCUT2D eigenvalue weighted by molar-refractivity contribution is -0.132. The third-order valence-corrected chi connectivity index (χ3v) is 6.53. The standard InChI is InChI=1S/C21H23ClN4O2S/c1-13(2)16-12-19(28)26-21(23-16)29-20(24-26)17-4-3-11-25(17)18(27)10-7-14-5-8-15(22)9-6-14/h5-6,8-9,12-13,17H,3-4,7,10-11H2,1-2H3/t17-/m1/s1. The fourth-order valence-corrected chi connectivity index (χ4v) is 4.83. The number of aromatic nitrogens is 3. The summed E-state index contributed by atoms with van der Waals surface area (Å²) in [5, 5.41) is 5.99. The van der Waals surface area contributed by atoms with Crippen molar-refractivity contribution in [2.75, 3.05) is 6.54 Å². The lowest BCUT2D eigenvalue weighted by Crippen LogP contribution is -2.30. The third kappa shape index (κ3) is 4.21. The number of hydrogen-bond acceptors (Lipinski definition) is 5. The molecule has 3 heterocycles. The minimum Gasteiger partial charge on any atom is -0.333 e. The van der Waals surface area contributed by atoms with Gasteiger partial charge >= 0.3 is 0 Å². The first kappa shape index (κ1) is 20.0. The normalized spacial score (nSPS) is 16.8. The molecule has 1 atom stereocenters. The smallest absolute Gasteiger partial charge is 0.275 e. The van der Waals surface area contributed by atoms with E-state index in [1.54, 1.807) is 6.07 Å². The van der Waals surface area contributed by atoms with Crippen molar-refractivity contribution in [3.05, 3.63) is 62.0 Å². The highest BCUT2D eigenvalue weighted by Gasteiger charge is 2.32. The summed E-state index contributed by atoms with van der Waals surface area (Å²) in [6.45, 7) is 4.75. The maximum Gasteiger partial charge on any atom is 0.275 e. The number of hydrogen-bond donors (Lipinski definition) is 0. The quantitative estimate of drug-likeness (QED) is 0.607. The van der Waals surface area contributed by atoms with Crippen molar-refractivity contribution in [2.24, 2.45) is 0 Å². The maximum absolute atomic E-state index is 12.9. The van der Waals surface area contributed by atoms with Crippen LogP contribution in [0.2, 0.25) is 5.02 Å². The van der Waals surface area contributed by atoms with Crippen LogP contribution < -0.4 is 5.56 Å². The molecule has 1 saturated heterocycles. The molecule has 1 amide bonds. The van der Waals surface area contributed by atoms with Crippen molar-refractivity contribution in [2.45, 2.75) is 51.5 Å². The minimum atomic E-state index is -0.167. The SMILES string of the molecule is CC(C)c1cc(=O)n2nc([C@H]3CCCN3C(=O)CCc3ccc(Cl)cc3)sc2n1. The number of likely N-dealkylation sites (tertiary alicyclic amines) is 1. The number of carbonyl (C=O) groups is 1. The van der Waals surface area contributed by atoms with Crippen LogP contribution in [0.4, 0.5) is 0 Å². The van der Waals surface area contributed by atoms with E-state index in [2.05, 4.69) is 10.1 Å². The van der Waals surface area contributed by atoms with E-state index in [0.29, 0.717) is 22.8 Å². The number of fused-ring (bicyclic) bond motifs is 1. The van der Waals surface area contributed by atoms with Gasteiger partial charge in [-0.3, -0.25) is 9.59 Å². The summed E-state index contributed by atoms with van der Waals surface area (Å²) in [6, 6.07) is 9.06. The van der Waals surface area contributed by atoms with Gasteiger partial charge in [-0.1, -0.05) is 48.9 Å². The molecule has 6 nitrogen and oxygen atoms in total. The van der Waals surface area contributed by atoms with Gasteiger partial charge in [0.2, 0.25) is 10.9 Å². The second kappa shape index (κ2) is 8.24. The Morgan fingerprint density at radius 2 is 2.07 bits per heavy atom. The van der Waals surface area contributed by atoms with Crippen LogP contribution in [0, 0.1) is 0 Å². The van der Waals surface area contributed by atoms with E-state index in [-0.39, 0.29) is 23.4 Å². The number of benzene rings is 1. The van der Waals surface area contributed by atoms with Gasteiger partial charge in [0, 0.05) is 24.1 Å². The Morgan fingerprint density at radius 3 is 2.79 bits per heavy atom. The Bertz CT molecular complexity index is 1090. The van der Waals surface area contributed by atoms with Gasteiger partial charge in [-0.2, -0.15) is 9.61 Å². The number of rotatable bonds is 5. The largest absolute Gasteiger partial charge is 0.333 e. The summed E-state index contributed by atoms with van der Waals surface area (Å²) >= 11 is 7.34. The summed E-state index contributed by atoms with van der Waals surface area (Å²) in [6.07, 6.45) is 2.92. The summed E-state index contributed by atoms with van der Waals surface area (Å²) in [7, 11) is 0. The molecule has 3 aromatic rings. The van der Waals surface area contributed by atoms with Crippen molar-refractivity contribution in [1.82, 2.24) is 19.5 Å². The van der Waals surface area contributed by atoms with Crippen LogP contribution in [0.25, 0.3) is 4.96 Å². The maximum atomic E-state index is 12.9. The van der Waals surface area contributed by atoms with Crippen molar-refractivity contribution < 1.29 is 4.79 Å². The third-order valence-electron chi connectivity index (χ3n) is 5.27. The molecule has 1 fully saturated rings. The number of aryl methyl sites for hydroxylation is 1. The van der Waals surface area contributed by atoms with Gasteiger partial charge < -0.3 is 4.90 Å². The lowest BCUT2D eigenvalue weighted by atomic mass is 10.1. The van der Waals surface area contributed by atoms with E-state index >= 15 is 0 Å². The molecule has 0 radical (unpaired) electrons. The molecule has 0 N–H and O–H groups in total. The molecular weight excluding hydrogens is 408 g/mol. The van der Waals surface area contributed by atoms with E-state index in [9.17, 15) is 9.59 Å². The fourth-order valence-electron chi connectivity index (χ4n) is 3.64. The zero-order valence-corrected chi connectivity index (χ0v) is 18.0. The Morgan fingerprint density at radius 1 is 1.31 bits per heavy atom. The molecule has 152 valence electrons. The molecule has 0 bridgehead atoms. The first-order chi connectivity index (χ1) is 13.9. The van der Waals surface area contributed by atoms with Crippen molar-refractivity contribution in [3.63, 3.8) is 0 Å². The Kier molecular flexibility index (Phi) is 5.69. The molecule has 8 heteroatoms. The summed E-state index contributed by atoms with van der Waals surface area (Å²) in [5.41, 5.74) is 1.70. The van der Waals surface area contributed by atoms with Gasteiger partial charge in [0.05, 0.1) is 11.7 Å². The molecular formula is C21H23ClN4O2S. The minimum absolute atomic E-state index is 0.0821. The number of carbonyl (C=O) groups excluding carboxylic acids is 1. The Balaban J connectivity index is 1.53. The summed E-state index contributed by atoms with van der Waals surface area (Å²) in [4.78, 5) is 32.4. The molecule has 0 spiro atoms. The zero-order valence-electron chi connectivity index (χ0n) is 16.5. The monoisotopic (exact) mass is 430 g/mol. The predicted molar refractivity (Wildman–Crippen MR) is 115 cm³/mol. The van der Waals surface area contributed by atoms with Crippen molar-refractivity contribution in [3.8, 4) is 0 Å². The predicted octanol–water partition coefficient (Wildman–Crippen LogP) is 4.22. The second-order valence-corrected chi connectivity index (χ2v) is 9.10. The van der Waals surface area contributed by atoms with E-state index in [0.717, 1.165) is 35.7 Å². The number of nitrogens with zero attached hydrogens (tertiary/aromatic N) is 4.